The molecule has 0 radical (unpaired) electrons. The average molecular weight is 362 g/mol. The quantitative estimate of drug-likeness (QED) is 0.833. The van der Waals surface area contributed by atoms with Crippen molar-refractivity contribution in [1.82, 2.24) is 4.90 Å². The fourth-order valence-corrected chi connectivity index (χ4v) is 3.26. The molecule has 1 fully saturated rings. The minimum absolute atomic E-state index is 0.137. The molecule has 2 atom stereocenters. The van der Waals surface area contributed by atoms with Crippen LogP contribution in [0.5, 0.6) is 0 Å². The number of nitrogens with zero attached hydrogens (tertiary/aromatic N) is 1. The van der Waals surface area contributed by atoms with Gasteiger partial charge in [0.15, 0.2) is 0 Å². The Bertz CT molecular complexity index is 639. The SMILES string of the molecule is CCOC(=O)C1CCN(C(=O)OC(C)(C)C)CC1c1cccc(CN)c1. The number of carbonyl (C=O) groups excluding carboxylic acids is 2. The topological polar surface area (TPSA) is 81.9 Å². The minimum Gasteiger partial charge on any atom is -0.466 e. The second-order valence-electron chi connectivity index (χ2n) is 7.63. The van der Waals surface area contributed by atoms with Gasteiger partial charge in [0.25, 0.3) is 0 Å². The number of benzene rings is 1. The Balaban J connectivity index is 2.25. The van der Waals surface area contributed by atoms with Gasteiger partial charge in [0.05, 0.1) is 12.5 Å². The predicted molar refractivity (Wildman–Crippen MR) is 99.6 cm³/mol. The van der Waals surface area contributed by atoms with Crippen LogP contribution >= 0.6 is 0 Å². The van der Waals surface area contributed by atoms with Gasteiger partial charge < -0.3 is 20.1 Å². The third kappa shape index (κ3) is 5.21. The van der Waals surface area contributed by atoms with Crippen molar-refractivity contribution in [3.8, 4) is 0 Å². The van der Waals surface area contributed by atoms with E-state index in [1.165, 1.54) is 0 Å². The molecule has 0 aromatic heterocycles. The van der Waals surface area contributed by atoms with E-state index < -0.39 is 5.60 Å². The smallest absolute Gasteiger partial charge is 0.410 e. The van der Waals surface area contributed by atoms with E-state index in [1.807, 2.05) is 45.0 Å². The summed E-state index contributed by atoms with van der Waals surface area (Å²) in [6.07, 6.45) is 0.204. The summed E-state index contributed by atoms with van der Waals surface area (Å²) in [6, 6.07) is 7.88. The van der Waals surface area contributed by atoms with E-state index >= 15 is 0 Å². The van der Waals surface area contributed by atoms with Crippen molar-refractivity contribution in [3.63, 3.8) is 0 Å². The van der Waals surface area contributed by atoms with Crippen LogP contribution in [0.1, 0.15) is 51.2 Å². The maximum atomic E-state index is 12.5. The standard InChI is InChI=1S/C20H30N2O4/c1-5-25-18(23)16-9-10-22(19(24)26-20(2,3)4)13-17(16)15-8-6-7-14(11-15)12-21/h6-8,11,16-17H,5,9-10,12-13,21H2,1-4H3. The molecule has 0 bridgehead atoms. The lowest BCUT2D eigenvalue weighted by atomic mass is 9.80. The molecule has 1 saturated heterocycles. The maximum absolute atomic E-state index is 12.5. The van der Waals surface area contributed by atoms with Gasteiger partial charge in [0.1, 0.15) is 5.60 Å². The number of piperidine rings is 1. The zero-order valence-electron chi connectivity index (χ0n) is 16.2. The molecule has 6 nitrogen and oxygen atoms in total. The number of carbonyl (C=O) groups is 2. The zero-order chi connectivity index (χ0) is 19.3. The first-order valence-electron chi connectivity index (χ1n) is 9.18. The number of likely N-dealkylation sites (tertiary alicyclic amines) is 1. The summed E-state index contributed by atoms with van der Waals surface area (Å²) < 4.78 is 10.8. The van der Waals surface area contributed by atoms with Gasteiger partial charge in [0.2, 0.25) is 0 Å². The van der Waals surface area contributed by atoms with E-state index in [0.29, 0.717) is 32.7 Å². The Morgan fingerprint density at radius 3 is 2.65 bits per heavy atom. The number of amides is 1. The fourth-order valence-electron chi connectivity index (χ4n) is 3.26. The van der Waals surface area contributed by atoms with Crippen LogP contribution in [-0.4, -0.2) is 42.3 Å². The number of hydrogen-bond donors (Lipinski definition) is 1. The largest absolute Gasteiger partial charge is 0.466 e. The zero-order valence-corrected chi connectivity index (χ0v) is 16.2. The van der Waals surface area contributed by atoms with E-state index in [9.17, 15) is 9.59 Å². The molecular weight excluding hydrogens is 332 g/mol. The summed E-state index contributed by atoms with van der Waals surface area (Å²) in [6.45, 7) is 9.02. The molecule has 2 unspecified atom stereocenters. The first kappa shape index (κ1) is 20.2. The third-order valence-electron chi connectivity index (χ3n) is 4.47. The molecule has 26 heavy (non-hydrogen) atoms. The summed E-state index contributed by atoms with van der Waals surface area (Å²) >= 11 is 0. The van der Waals surface area contributed by atoms with Gasteiger partial charge in [-0.05, 0) is 45.2 Å². The normalized spacial score (nSPS) is 20.6. The second kappa shape index (κ2) is 8.54. The molecule has 2 rings (SSSR count). The van der Waals surface area contributed by atoms with Crippen LogP contribution in [0.4, 0.5) is 4.79 Å². The molecule has 1 heterocycles. The maximum Gasteiger partial charge on any atom is 0.410 e. The predicted octanol–water partition coefficient (Wildman–Crippen LogP) is 3.05. The molecular formula is C20H30N2O4. The molecule has 144 valence electrons. The molecule has 0 saturated carbocycles. The number of esters is 1. The van der Waals surface area contributed by atoms with Crippen LogP contribution in [0.2, 0.25) is 0 Å². The highest BCUT2D eigenvalue weighted by atomic mass is 16.6. The molecule has 6 heteroatoms. The molecule has 1 aliphatic rings. The van der Waals surface area contributed by atoms with Gasteiger partial charge in [-0.3, -0.25) is 4.79 Å². The molecule has 1 aliphatic heterocycles. The number of nitrogens with two attached hydrogens (primary N) is 1. The molecule has 0 spiro atoms. The molecule has 1 aromatic carbocycles. The van der Waals surface area contributed by atoms with Crippen molar-refractivity contribution in [2.45, 2.75) is 52.2 Å². The van der Waals surface area contributed by atoms with Crippen LogP contribution in [-0.2, 0) is 20.8 Å². The lowest BCUT2D eigenvalue weighted by Gasteiger charge is -2.38. The van der Waals surface area contributed by atoms with Gasteiger partial charge in [-0.25, -0.2) is 4.79 Å². The van der Waals surface area contributed by atoms with E-state index in [1.54, 1.807) is 11.8 Å². The van der Waals surface area contributed by atoms with Crippen molar-refractivity contribution in [3.05, 3.63) is 35.4 Å². The first-order chi connectivity index (χ1) is 12.2. The van der Waals surface area contributed by atoms with E-state index in [-0.39, 0.29) is 23.9 Å². The minimum atomic E-state index is -0.552. The highest BCUT2D eigenvalue weighted by Gasteiger charge is 2.38. The monoisotopic (exact) mass is 362 g/mol. The highest BCUT2D eigenvalue weighted by Crippen LogP contribution is 2.34. The Hall–Kier alpha value is -2.08. The number of hydrogen-bond acceptors (Lipinski definition) is 5. The van der Waals surface area contributed by atoms with Crippen LogP contribution in [0.3, 0.4) is 0 Å². The van der Waals surface area contributed by atoms with Crippen LogP contribution in [0.15, 0.2) is 24.3 Å². The van der Waals surface area contributed by atoms with Crippen molar-refractivity contribution in [1.29, 1.82) is 0 Å². The molecule has 1 aromatic rings. The third-order valence-corrected chi connectivity index (χ3v) is 4.47. The lowest BCUT2D eigenvalue weighted by Crippen LogP contribution is -2.47. The summed E-state index contributed by atoms with van der Waals surface area (Å²) in [7, 11) is 0. The van der Waals surface area contributed by atoms with E-state index in [4.69, 9.17) is 15.2 Å². The van der Waals surface area contributed by atoms with Crippen molar-refractivity contribution < 1.29 is 19.1 Å². The van der Waals surface area contributed by atoms with Gasteiger partial charge in [-0.15, -0.1) is 0 Å². The van der Waals surface area contributed by atoms with Crippen molar-refractivity contribution in [2.24, 2.45) is 11.7 Å². The molecule has 0 aliphatic carbocycles. The fraction of sp³-hybridized carbons (Fsp3) is 0.600. The molecule has 2 N–H and O–H groups in total. The van der Waals surface area contributed by atoms with Gasteiger partial charge in [-0.1, -0.05) is 24.3 Å². The van der Waals surface area contributed by atoms with Gasteiger partial charge in [-0.2, -0.15) is 0 Å². The summed E-state index contributed by atoms with van der Waals surface area (Å²) in [5, 5.41) is 0. The van der Waals surface area contributed by atoms with Crippen LogP contribution in [0.25, 0.3) is 0 Å². The van der Waals surface area contributed by atoms with Crippen molar-refractivity contribution in [2.75, 3.05) is 19.7 Å². The summed E-state index contributed by atoms with van der Waals surface area (Å²) in [5.41, 5.74) is 7.21. The van der Waals surface area contributed by atoms with Gasteiger partial charge >= 0.3 is 12.1 Å². The van der Waals surface area contributed by atoms with Crippen LogP contribution in [0, 0.1) is 5.92 Å². The summed E-state index contributed by atoms with van der Waals surface area (Å²) in [5.74, 6) is -0.622. The Morgan fingerprint density at radius 1 is 1.31 bits per heavy atom. The van der Waals surface area contributed by atoms with Gasteiger partial charge in [0, 0.05) is 25.6 Å². The Kier molecular flexibility index (Phi) is 6.64. The average Bonchev–Trinajstić information content (AvgIpc) is 2.60. The Morgan fingerprint density at radius 2 is 2.04 bits per heavy atom. The van der Waals surface area contributed by atoms with E-state index in [2.05, 4.69) is 0 Å². The highest BCUT2D eigenvalue weighted by molar-refractivity contribution is 5.75. The van der Waals surface area contributed by atoms with E-state index in [0.717, 1.165) is 11.1 Å². The number of rotatable bonds is 4. The summed E-state index contributed by atoms with van der Waals surface area (Å²) in [4.78, 5) is 26.6. The first-order valence-corrected chi connectivity index (χ1v) is 9.18. The number of ether oxygens (including phenoxy) is 2. The molecule has 1 amide bonds. The second-order valence-corrected chi connectivity index (χ2v) is 7.63. The van der Waals surface area contributed by atoms with Crippen LogP contribution < -0.4 is 5.73 Å². The Labute approximate surface area is 155 Å². The van der Waals surface area contributed by atoms with Crippen molar-refractivity contribution >= 4 is 12.1 Å². The lowest BCUT2D eigenvalue weighted by molar-refractivity contribution is -0.150.